The third kappa shape index (κ3) is 3.97. The number of carbonyl (C=O) groups is 1. The lowest BCUT2D eigenvalue weighted by atomic mass is 10.2. The van der Waals surface area contributed by atoms with Crippen LogP contribution in [0.3, 0.4) is 0 Å². The number of nitrogens with two attached hydrogens (primary N) is 1. The predicted molar refractivity (Wildman–Crippen MR) is 72.1 cm³/mol. The number of amides is 1. The molecule has 0 unspecified atom stereocenters. The molecule has 0 saturated heterocycles. The number of hydrogen-bond donors (Lipinski definition) is 2. The van der Waals surface area contributed by atoms with Crippen molar-refractivity contribution in [2.24, 2.45) is 0 Å². The van der Waals surface area contributed by atoms with E-state index in [1.165, 1.54) is 4.90 Å². The Hall–Kier alpha value is -1.16. The van der Waals surface area contributed by atoms with Crippen molar-refractivity contribution in [3.8, 4) is 0 Å². The van der Waals surface area contributed by atoms with Crippen LogP contribution in [0.4, 0.5) is 5.69 Å². The molecule has 1 aliphatic rings. The lowest BCUT2D eigenvalue weighted by molar-refractivity contribution is -0.120. The van der Waals surface area contributed by atoms with Crippen molar-refractivity contribution in [1.82, 2.24) is 5.32 Å². The molecule has 1 aliphatic carbocycles. The fourth-order valence-electron chi connectivity index (χ4n) is 1.53. The minimum Gasteiger partial charge on any atom is -0.399 e. The fourth-order valence-corrected chi connectivity index (χ4v) is 2.47. The number of hydrogen-bond acceptors (Lipinski definition) is 3. The van der Waals surface area contributed by atoms with E-state index in [-0.39, 0.29) is 5.91 Å². The first-order valence-corrected chi connectivity index (χ1v) is 6.92. The summed E-state index contributed by atoms with van der Waals surface area (Å²) in [5.41, 5.74) is 7.67. The maximum atomic E-state index is 11.5. The molecule has 3 nitrogen and oxygen atoms in total. The summed E-state index contributed by atoms with van der Waals surface area (Å²) in [6.45, 7) is 2.00. The number of aryl methyl sites for hydroxylation is 1. The van der Waals surface area contributed by atoms with Crippen LogP contribution in [-0.4, -0.2) is 17.7 Å². The molecule has 1 aromatic rings. The topological polar surface area (TPSA) is 55.1 Å². The SMILES string of the molecule is Cc1cc(SCCC(=O)NC2CC2)ccc1N. The molecule has 0 bridgehead atoms. The van der Waals surface area contributed by atoms with Crippen LogP contribution >= 0.6 is 11.8 Å². The molecule has 3 N–H and O–H groups in total. The Morgan fingerprint density at radius 1 is 1.53 bits per heavy atom. The number of anilines is 1. The Bertz CT molecular complexity index is 416. The van der Waals surface area contributed by atoms with E-state index in [9.17, 15) is 4.79 Å². The maximum absolute atomic E-state index is 11.5. The van der Waals surface area contributed by atoms with E-state index in [1.807, 2.05) is 19.1 Å². The summed E-state index contributed by atoms with van der Waals surface area (Å²) in [6, 6.07) is 6.46. The zero-order valence-electron chi connectivity index (χ0n) is 10.0. The molecule has 2 rings (SSSR count). The summed E-state index contributed by atoms with van der Waals surface area (Å²) in [6.07, 6.45) is 2.89. The van der Waals surface area contributed by atoms with Gasteiger partial charge >= 0.3 is 0 Å². The van der Waals surface area contributed by atoms with Gasteiger partial charge in [-0.2, -0.15) is 0 Å². The van der Waals surface area contributed by atoms with Gasteiger partial charge in [-0.3, -0.25) is 4.79 Å². The van der Waals surface area contributed by atoms with E-state index >= 15 is 0 Å². The molecule has 0 aliphatic heterocycles. The van der Waals surface area contributed by atoms with Gasteiger partial charge in [-0.15, -0.1) is 11.8 Å². The highest BCUT2D eigenvalue weighted by Gasteiger charge is 2.22. The summed E-state index contributed by atoms with van der Waals surface area (Å²) >= 11 is 1.70. The number of thioether (sulfide) groups is 1. The van der Waals surface area contributed by atoms with Crippen LogP contribution in [0.25, 0.3) is 0 Å². The fraction of sp³-hybridized carbons (Fsp3) is 0.462. The van der Waals surface area contributed by atoms with Gasteiger partial charge in [-0.25, -0.2) is 0 Å². The van der Waals surface area contributed by atoms with Crippen molar-refractivity contribution in [1.29, 1.82) is 0 Å². The minimum absolute atomic E-state index is 0.173. The van der Waals surface area contributed by atoms with Crippen molar-refractivity contribution >= 4 is 23.4 Å². The largest absolute Gasteiger partial charge is 0.399 e. The molecule has 0 atom stereocenters. The summed E-state index contributed by atoms with van der Waals surface area (Å²) in [5.74, 6) is 0.995. The molecule has 0 heterocycles. The Morgan fingerprint density at radius 2 is 2.29 bits per heavy atom. The van der Waals surface area contributed by atoms with Gasteiger partial charge in [0.05, 0.1) is 0 Å². The van der Waals surface area contributed by atoms with Gasteiger partial charge in [-0.05, 0) is 43.5 Å². The summed E-state index contributed by atoms with van der Waals surface area (Å²) < 4.78 is 0. The van der Waals surface area contributed by atoms with E-state index < -0.39 is 0 Å². The number of nitrogen functional groups attached to an aromatic ring is 1. The summed E-state index contributed by atoms with van der Waals surface area (Å²) in [5, 5.41) is 2.99. The lowest BCUT2D eigenvalue weighted by Gasteiger charge is -2.05. The first-order chi connectivity index (χ1) is 8.15. The van der Waals surface area contributed by atoms with E-state index in [0.717, 1.165) is 29.8 Å². The average molecular weight is 250 g/mol. The lowest BCUT2D eigenvalue weighted by Crippen LogP contribution is -2.25. The van der Waals surface area contributed by atoms with Crippen LogP contribution in [0.1, 0.15) is 24.8 Å². The molecule has 0 spiro atoms. The number of nitrogens with one attached hydrogen (secondary N) is 1. The van der Waals surface area contributed by atoms with Gasteiger partial charge in [0, 0.05) is 28.8 Å². The predicted octanol–water partition coefficient (Wildman–Crippen LogP) is 2.34. The van der Waals surface area contributed by atoms with Crippen LogP contribution in [-0.2, 0) is 4.79 Å². The van der Waals surface area contributed by atoms with Gasteiger partial charge in [-0.1, -0.05) is 0 Å². The Balaban J connectivity index is 1.73. The summed E-state index contributed by atoms with van der Waals surface area (Å²) in [4.78, 5) is 12.6. The molecule has 17 heavy (non-hydrogen) atoms. The third-order valence-corrected chi connectivity index (χ3v) is 3.78. The third-order valence-electron chi connectivity index (χ3n) is 2.78. The van der Waals surface area contributed by atoms with Crippen molar-refractivity contribution in [2.75, 3.05) is 11.5 Å². The highest BCUT2D eigenvalue weighted by molar-refractivity contribution is 7.99. The number of carbonyl (C=O) groups excluding carboxylic acids is 1. The molecular weight excluding hydrogens is 232 g/mol. The van der Waals surface area contributed by atoms with E-state index in [0.29, 0.717) is 12.5 Å². The average Bonchev–Trinajstić information content (AvgIpc) is 3.07. The second-order valence-corrected chi connectivity index (χ2v) is 5.63. The van der Waals surface area contributed by atoms with Gasteiger partial charge < -0.3 is 11.1 Å². The highest BCUT2D eigenvalue weighted by atomic mass is 32.2. The molecule has 1 aromatic carbocycles. The van der Waals surface area contributed by atoms with E-state index in [4.69, 9.17) is 5.73 Å². The second kappa shape index (κ2) is 5.45. The first-order valence-electron chi connectivity index (χ1n) is 5.93. The standard InChI is InChI=1S/C13H18N2OS/c1-9-8-11(4-5-12(9)14)17-7-6-13(16)15-10-2-3-10/h4-5,8,10H,2-3,6-7,14H2,1H3,(H,15,16). The van der Waals surface area contributed by atoms with E-state index in [2.05, 4.69) is 11.4 Å². The van der Waals surface area contributed by atoms with Crippen LogP contribution < -0.4 is 11.1 Å². The molecule has 1 saturated carbocycles. The molecular formula is C13H18N2OS. The normalized spacial score (nSPS) is 14.6. The van der Waals surface area contributed by atoms with Crippen molar-refractivity contribution in [3.05, 3.63) is 23.8 Å². The Labute approximate surface area is 106 Å². The molecule has 0 radical (unpaired) electrons. The molecule has 92 valence electrons. The van der Waals surface area contributed by atoms with Crippen molar-refractivity contribution < 1.29 is 4.79 Å². The molecule has 1 amide bonds. The Morgan fingerprint density at radius 3 is 2.94 bits per heavy atom. The zero-order valence-corrected chi connectivity index (χ0v) is 10.8. The van der Waals surface area contributed by atoms with Crippen LogP contribution in [0, 0.1) is 6.92 Å². The first kappa shape index (κ1) is 12.3. The van der Waals surface area contributed by atoms with Crippen LogP contribution in [0.2, 0.25) is 0 Å². The second-order valence-electron chi connectivity index (χ2n) is 4.46. The summed E-state index contributed by atoms with van der Waals surface area (Å²) in [7, 11) is 0. The molecule has 1 fully saturated rings. The van der Waals surface area contributed by atoms with Crippen LogP contribution in [0.5, 0.6) is 0 Å². The van der Waals surface area contributed by atoms with Gasteiger partial charge in [0.2, 0.25) is 5.91 Å². The quantitative estimate of drug-likeness (QED) is 0.623. The van der Waals surface area contributed by atoms with Crippen molar-refractivity contribution in [3.63, 3.8) is 0 Å². The monoisotopic (exact) mass is 250 g/mol. The van der Waals surface area contributed by atoms with Gasteiger partial charge in [0.15, 0.2) is 0 Å². The number of benzene rings is 1. The van der Waals surface area contributed by atoms with E-state index in [1.54, 1.807) is 11.8 Å². The van der Waals surface area contributed by atoms with Crippen molar-refractivity contribution in [2.45, 2.75) is 37.1 Å². The maximum Gasteiger partial charge on any atom is 0.221 e. The Kier molecular flexibility index (Phi) is 3.94. The van der Waals surface area contributed by atoms with Gasteiger partial charge in [0.25, 0.3) is 0 Å². The molecule has 0 aromatic heterocycles. The van der Waals surface area contributed by atoms with Crippen LogP contribution in [0.15, 0.2) is 23.1 Å². The number of rotatable bonds is 5. The molecule has 4 heteroatoms. The minimum atomic E-state index is 0.173. The smallest absolute Gasteiger partial charge is 0.221 e. The zero-order chi connectivity index (χ0) is 12.3. The van der Waals surface area contributed by atoms with Gasteiger partial charge in [0.1, 0.15) is 0 Å². The highest BCUT2D eigenvalue weighted by Crippen LogP contribution is 2.23.